The number of methoxy groups -OCH3 is 1. The number of rotatable bonds is 13. The first-order chi connectivity index (χ1) is 26.6. The van der Waals surface area contributed by atoms with Crippen molar-refractivity contribution in [3.8, 4) is 0 Å². The number of anilines is 2. The number of ether oxygens (including phenoxy) is 1. The van der Waals surface area contributed by atoms with E-state index in [4.69, 9.17) is 27.9 Å². The highest BCUT2D eigenvalue weighted by atomic mass is 35.5. The highest BCUT2D eigenvalue weighted by Gasteiger charge is 2.31. The molecule has 13 heteroatoms. The second-order valence-electron chi connectivity index (χ2n) is 12.7. The summed E-state index contributed by atoms with van der Waals surface area (Å²) in [6.07, 6.45) is 2.63. The molecule has 5 aromatic rings. The molecule has 3 amide bonds. The lowest BCUT2D eigenvalue weighted by Crippen LogP contribution is -2.30. The average molecular weight is 814 g/mol. The largest absolute Gasteiger partial charge is 0.465 e. The van der Waals surface area contributed by atoms with Crippen LogP contribution in [0.3, 0.4) is 0 Å². The van der Waals surface area contributed by atoms with Gasteiger partial charge in [0.15, 0.2) is 0 Å². The fourth-order valence-electron chi connectivity index (χ4n) is 6.09. The first-order valence-corrected chi connectivity index (χ1v) is 20.0. The second kappa shape index (κ2) is 18.6. The van der Waals surface area contributed by atoms with Crippen LogP contribution in [-0.4, -0.2) is 47.5 Å². The van der Waals surface area contributed by atoms with Crippen LogP contribution >= 0.6 is 46.3 Å². The molecule has 0 fully saturated rings. The third-order valence-electron chi connectivity index (χ3n) is 8.85. The number of thiophene rings is 1. The molecule has 1 aliphatic heterocycles. The maximum Gasteiger partial charge on any atom is 0.341 e. The van der Waals surface area contributed by atoms with Crippen molar-refractivity contribution < 1.29 is 23.9 Å². The quantitative estimate of drug-likeness (QED) is 0.0617. The lowest BCUT2D eigenvalue weighted by Gasteiger charge is -2.27. The summed E-state index contributed by atoms with van der Waals surface area (Å²) in [7, 11) is 1.35. The topological polar surface area (TPSA) is 117 Å². The zero-order valence-electron chi connectivity index (χ0n) is 30.1. The minimum Gasteiger partial charge on any atom is -0.465 e. The van der Waals surface area contributed by atoms with E-state index in [1.54, 1.807) is 66.7 Å². The SMILES string of the molecule is CCC(Sc1cccc(NC(=O)/C(=C\c2cccc(Cl)c2Cl)NC(=O)c2ccccc2)c1)C(=O)Nc1sc2c(c1C(=O)OC)CCN(Cc1ccccc1)C2. The van der Waals surface area contributed by atoms with Gasteiger partial charge in [-0.05, 0) is 72.0 Å². The normalized spacial score (nSPS) is 13.3. The van der Waals surface area contributed by atoms with Gasteiger partial charge in [0.05, 0.1) is 28.0 Å². The Labute approximate surface area is 338 Å². The summed E-state index contributed by atoms with van der Waals surface area (Å²) < 4.78 is 5.16. The van der Waals surface area contributed by atoms with E-state index in [0.717, 1.165) is 28.4 Å². The number of nitrogens with one attached hydrogen (secondary N) is 3. The zero-order valence-corrected chi connectivity index (χ0v) is 33.2. The van der Waals surface area contributed by atoms with Gasteiger partial charge in [0.25, 0.3) is 11.8 Å². The summed E-state index contributed by atoms with van der Waals surface area (Å²) in [5, 5.41) is 9.12. The van der Waals surface area contributed by atoms with Gasteiger partial charge >= 0.3 is 5.97 Å². The van der Waals surface area contributed by atoms with E-state index in [1.165, 1.54) is 41.8 Å². The Kier molecular flexibility index (Phi) is 13.5. The molecule has 2 heterocycles. The molecule has 6 rings (SSSR count). The predicted molar refractivity (Wildman–Crippen MR) is 222 cm³/mol. The van der Waals surface area contributed by atoms with Crippen LogP contribution < -0.4 is 16.0 Å². The molecule has 0 saturated heterocycles. The smallest absolute Gasteiger partial charge is 0.341 e. The molecule has 1 aromatic heterocycles. The van der Waals surface area contributed by atoms with E-state index < -0.39 is 23.0 Å². The molecule has 0 aliphatic carbocycles. The molecule has 0 bridgehead atoms. The van der Waals surface area contributed by atoms with Crippen LogP contribution in [0.15, 0.2) is 114 Å². The van der Waals surface area contributed by atoms with Crippen LogP contribution in [0.25, 0.3) is 6.08 Å². The number of benzene rings is 4. The third-order valence-corrected chi connectivity index (χ3v) is 12.2. The van der Waals surface area contributed by atoms with Gasteiger partial charge in [-0.1, -0.05) is 96.9 Å². The zero-order chi connectivity index (χ0) is 38.9. The summed E-state index contributed by atoms with van der Waals surface area (Å²) in [4.78, 5) is 57.7. The summed E-state index contributed by atoms with van der Waals surface area (Å²) >= 11 is 15.4. The molecule has 1 aliphatic rings. The minimum absolute atomic E-state index is 0.0508. The van der Waals surface area contributed by atoms with Crippen LogP contribution in [0, 0.1) is 0 Å². The molecule has 1 unspecified atom stereocenters. The first-order valence-electron chi connectivity index (χ1n) is 17.5. The molecule has 3 N–H and O–H groups in total. The van der Waals surface area contributed by atoms with Crippen LogP contribution in [-0.2, 0) is 33.8 Å². The maximum atomic E-state index is 13.8. The first kappa shape index (κ1) is 39.8. The lowest BCUT2D eigenvalue weighted by molar-refractivity contribution is -0.116. The van der Waals surface area contributed by atoms with Gasteiger partial charge in [-0.25, -0.2) is 4.79 Å². The number of esters is 1. The number of amides is 3. The van der Waals surface area contributed by atoms with Gasteiger partial charge in [0.2, 0.25) is 5.91 Å². The molecular weight excluding hydrogens is 776 g/mol. The monoisotopic (exact) mass is 812 g/mol. The molecule has 1 atom stereocenters. The van der Waals surface area contributed by atoms with Crippen molar-refractivity contribution in [2.75, 3.05) is 24.3 Å². The molecular formula is C42H38Cl2N4O5S2. The van der Waals surface area contributed by atoms with Crippen LogP contribution in [0.4, 0.5) is 10.7 Å². The van der Waals surface area contributed by atoms with E-state index in [9.17, 15) is 19.2 Å². The van der Waals surface area contributed by atoms with Gasteiger partial charge in [-0.2, -0.15) is 0 Å². The number of hydrogen-bond donors (Lipinski definition) is 3. The maximum absolute atomic E-state index is 13.8. The Balaban J connectivity index is 1.17. The van der Waals surface area contributed by atoms with Gasteiger partial charge in [0, 0.05) is 40.7 Å². The fourth-order valence-corrected chi connectivity index (χ4v) is 8.75. The Bertz CT molecular complexity index is 2230. The Morgan fingerprint density at radius 3 is 2.38 bits per heavy atom. The van der Waals surface area contributed by atoms with Crippen molar-refractivity contribution in [3.05, 3.63) is 152 Å². The van der Waals surface area contributed by atoms with E-state index in [2.05, 4.69) is 33.0 Å². The number of halogens is 2. The van der Waals surface area contributed by atoms with Gasteiger partial charge in [-0.15, -0.1) is 23.1 Å². The fraction of sp³-hybridized carbons (Fsp3) is 0.190. The molecule has 4 aromatic carbocycles. The standard InChI is InChI=1S/C42H38Cl2N4O5S2/c1-3-34(40(51)47-41-36(42(52)53-2)31-20-21-48(25-35(31)55-41)24-26-12-6-4-7-13-26)54-30-18-11-17-29(23-30)45-39(50)33(22-28-16-10-19-32(43)37(28)44)46-38(49)27-14-8-5-9-15-27/h4-19,22-23,34H,3,20-21,24-25H2,1-2H3,(H,45,50)(H,46,49)(H,47,51)/b33-22+. The summed E-state index contributed by atoms with van der Waals surface area (Å²) in [5.74, 6) is -1.79. The number of fused-ring (bicyclic) bond motifs is 1. The number of thioether (sulfide) groups is 1. The summed E-state index contributed by atoms with van der Waals surface area (Å²) in [6, 6.07) is 30.9. The predicted octanol–water partition coefficient (Wildman–Crippen LogP) is 9.32. The average Bonchev–Trinajstić information content (AvgIpc) is 3.55. The van der Waals surface area contributed by atoms with Crippen molar-refractivity contribution in [1.29, 1.82) is 0 Å². The highest BCUT2D eigenvalue weighted by Crippen LogP contribution is 2.39. The second-order valence-corrected chi connectivity index (χ2v) is 15.8. The number of nitrogens with zero attached hydrogens (tertiary/aromatic N) is 1. The number of carbonyl (C=O) groups excluding carboxylic acids is 4. The minimum atomic E-state index is -0.591. The van der Waals surface area contributed by atoms with Crippen molar-refractivity contribution in [2.45, 2.75) is 43.0 Å². The molecule has 0 spiro atoms. The Hall–Kier alpha value is -4.91. The lowest BCUT2D eigenvalue weighted by atomic mass is 10.0. The summed E-state index contributed by atoms with van der Waals surface area (Å²) in [5.41, 5.74) is 3.76. The number of hydrogen-bond acceptors (Lipinski definition) is 8. The van der Waals surface area contributed by atoms with Crippen molar-refractivity contribution in [1.82, 2.24) is 10.2 Å². The third kappa shape index (κ3) is 10.0. The van der Waals surface area contributed by atoms with Crippen LogP contribution in [0.1, 0.15) is 55.6 Å². The molecule has 0 radical (unpaired) electrons. The molecule has 9 nitrogen and oxygen atoms in total. The van der Waals surface area contributed by atoms with E-state index in [1.807, 2.05) is 31.2 Å². The van der Waals surface area contributed by atoms with Crippen molar-refractivity contribution in [3.63, 3.8) is 0 Å². The van der Waals surface area contributed by atoms with Gasteiger partial charge < -0.3 is 20.7 Å². The van der Waals surface area contributed by atoms with Gasteiger partial charge in [-0.3, -0.25) is 19.3 Å². The van der Waals surface area contributed by atoms with E-state index in [0.29, 0.717) is 51.8 Å². The van der Waals surface area contributed by atoms with E-state index >= 15 is 0 Å². The number of carbonyl (C=O) groups is 4. The van der Waals surface area contributed by atoms with E-state index in [-0.39, 0.29) is 16.6 Å². The van der Waals surface area contributed by atoms with Gasteiger partial charge in [0.1, 0.15) is 10.7 Å². The summed E-state index contributed by atoms with van der Waals surface area (Å²) in [6.45, 7) is 4.15. The van der Waals surface area contributed by atoms with Crippen molar-refractivity contribution in [2.24, 2.45) is 0 Å². The highest BCUT2D eigenvalue weighted by molar-refractivity contribution is 8.00. The molecule has 55 heavy (non-hydrogen) atoms. The Morgan fingerprint density at radius 1 is 0.927 bits per heavy atom. The Morgan fingerprint density at radius 2 is 1.65 bits per heavy atom. The molecule has 0 saturated carbocycles. The van der Waals surface area contributed by atoms with Crippen molar-refractivity contribution >= 4 is 86.8 Å². The van der Waals surface area contributed by atoms with Crippen LogP contribution in [0.5, 0.6) is 0 Å². The van der Waals surface area contributed by atoms with Crippen LogP contribution in [0.2, 0.25) is 10.0 Å². The molecule has 282 valence electrons.